The number of rotatable bonds is 3. The Bertz CT molecular complexity index is 3390. The summed E-state index contributed by atoms with van der Waals surface area (Å²) in [5.74, 6) is 0. The maximum absolute atomic E-state index is 10.5. The van der Waals surface area contributed by atoms with E-state index in [0.717, 1.165) is 67.4 Å². The number of non-ortho nitro benzene ring substituents is 2. The largest absolute Gasteiger partial charge is 0.399 e. The summed E-state index contributed by atoms with van der Waals surface area (Å²) in [6.45, 7) is 0. The Balaban J connectivity index is 0.000000125. The van der Waals surface area contributed by atoms with Crippen LogP contribution < -0.4 is 5.73 Å². The van der Waals surface area contributed by atoms with Crippen LogP contribution in [0.15, 0.2) is 189 Å². The highest BCUT2D eigenvalue weighted by atomic mass is 127. The Morgan fingerprint density at radius 1 is 0.463 bits per heavy atom. The predicted octanol–water partition coefficient (Wildman–Crippen LogP) is 13.8. The third-order valence-corrected chi connectivity index (χ3v) is 11.6. The summed E-state index contributed by atoms with van der Waals surface area (Å²) in [5.41, 5.74) is 11.6. The third kappa shape index (κ3) is 13.6. The number of hydrogen-bond donors (Lipinski definition) is 1. The number of benzene rings is 5. The fraction of sp³-hybridized carbons (Fsp3) is 0. The second kappa shape index (κ2) is 22.8. The first-order valence-corrected chi connectivity index (χ1v) is 23.7. The maximum Gasteiger partial charge on any atom is 0.271 e. The molecule has 6 heterocycles. The minimum atomic E-state index is -0.427. The molecule has 0 unspecified atom stereocenters. The first-order chi connectivity index (χ1) is 32.3. The van der Waals surface area contributed by atoms with Gasteiger partial charge in [-0.3, -0.25) is 45.1 Å². The normalized spacial score (nSPS) is 10.5. The minimum Gasteiger partial charge on any atom is -0.399 e. The van der Waals surface area contributed by atoms with Gasteiger partial charge in [0.05, 0.1) is 55.5 Å². The second-order valence-electron chi connectivity index (χ2n) is 13.9. The number of pyridine rings is 5. The molecule has 0 atom stereocenters. The van der Waals surface area contributed by atoms with E-state index in [-0.39, 0.29) is 11.4 Å². The summed E-state index contributed by atoms with van der Waals surface area (Å²) >= 11 is 15.7. The van der Waals surface area contributed by atoms with Crippen molar-refractivity contribution in [3.63, 3.8) is 0 Å². The summed E-state index contributed by atoms with van der Waals surface area (Å²) in [5, 5.41) is 34.2. The van der Waals surface area contributed by atoms with Crippen molar-refractivity contribution >= 4 is 158 Å². The van der Waals surface area contributed by atoms with Crippen molar-refractivity contribution < 1.29 is 9.85 Å². The standard InChI is InChI=1S/C11H7BrN4.C9H5BrIN.C9H5BrN2O2.C9H7BrN2.C9H6N2O2/c12-9-5-8-1-2-10(6-11(8)13-7-9)16-14-3-4-15-16;10-7-3-6-1-2-8(11)4-9(6)12-5-7;10-7-3-6-1-2-8(12(13)14)4-9(6)11-5-7;10-7-3-6-1-2-8(11)4-9(6)12-5-7;12-11(13)8-4-3-7-2-1-5-10-9(7)6-8/h1-7H;1-5H;1-5H;1-5H,11H2;1-6H. The Labute approximate surface area is 427 Å². The Morgan fingerprint density at radius 3 is 1.40 bits per heavy atom. The van der Waals surface area contributed by atoms with Crippen LogP contribution in [0.3, 0.4) is 0 Å². The molecular weight excluding hydrogens is 1230 g/mol. The van der Waals surface area contributed by atoms with Gasteiger partial charge in [-0.2, -0.15) is 15.0 Å². The van der Waals surface area contributed by atoms with Gasteiger partial charge >= 0.3 is 0 Å². The second-order valence-corrected chi connectivity index (χ2v) is 18.8. The average Bonchev–Trinajstić information content (AvgIpc) is 3.88. The van der Waals surface area contributed by atoms with Gasteiger partial charge in [0.15, 0.2) is 0 Å². The molecule has 332 valence electrons. The van der Waals surface area contributed by atoms with Crippen LogP contribution >= 0.6 is 86.3 Å². The van der Waals surface area contributed by atoms with Gasteiger partial charge in [0.1, 0.15) is 0 Å². The first kappa shape index (κ1) is 48.5. The van der Waals surface area contributed by atoms with Crippen LogP contribution in [0.5, 0.6) is 0 Å². The van der Waals surface area contributed by atoms with Crippen molar-refractivity contribution in [2.24, 2.45) is 0 Å². The van der Waals surface area contributed by atoms with Crippen LogP contribution in [0.1, 0.15) is 0 Å². The van der Waals surface area contributed by atoms with E-state index in [9.17, 15) is 20.2 Å². The van der Waals surface area contributed by atoms with Gasteiger partial charge in [-0.25, -0.2) is 0 Å². The lowest BCUT2D eigenvalue weighted by atomic mass is 10.2. The molecule has 11 rings (SSSR count). The van der Waals surface area contributed by atoms with Crippen LogP contribution in [0.25, 0.3) is 60.2 Å². The number of halogens is 5. The summed E-state index contributed by atoms with van der Waals surface area (Å²) in [6, 6.07) is 38.8. The van der Waals surface area contributed by atoms with Gasteiger partial charge in [-0.15, -0.1) is 0 Å². The van der Waals surface area contributed by atoms with E-state index < -0.39 is 9.85 Å². The molecular formula is C47H30Br4IN11O4. The van der Waals surface area contributed by atoms with Crippen molar-refractivity contribution in [3.8, 4) is 5.69 Å². The van der Waals surface area contributed by atoms with Crippen LogP contribution in [0.4, 0.5) is 17.1 Å². The zero-order chi connectivity index (χ0) is 47.5. The zero-order valence-corrected chi connectivity index (χ0v) is 42.7. The van der Waals surface area contributed by atoms with Crippen molar-refractivity contribution in [1.82, 2.24) is 39.9 Å². The first-order valence-electron chi connectivity index (χ1n) is 19.4. The molecule has 0 aliphatic rings. The minimum absolute atomic E-state index is 0.0623. The lowest BCUT2D eigenvalue weighted by Crippen LogP contribution is -1.98. The Hall–Kier alpha value is -6.46. The number of hydrogen-bond acceptors (Lipinski definition) is 12. The fourth-order valence-corrected chi connectivity index (χ4v) is 7.97. The highest BCUT2D eigenvalue weighted by molar-refractivity contribution is 14.1. The van der Waals surface area contributed by atoms with Gasteiger partial charge in [-0.1, -0.05) is 24.3 Å². The molecule has 0 radical (unpaired) electrons. The van der Waals surface area contributed by atoms with Crippen LogP contribution in [-0.4, -0.2) is 49.8 Å². The third-order valence-electron chi connectivity index (χ3n) is 9.22. The molecule has 0 aliphatic carbocycles. The molecule has 0 bridgehead atoms. The molecule has 2 N–H and O–H groups in total. The van der Waals surface area contributed by atoms with Crippen LogP contribution in [0.2, 0.25) is 0 Å². The topological polar surface area (TPSA) is 207 Å². The van der Waals surface area contributed by atoms with E-state index in [1.165, 1.54) is 33.2 Å². The quantitative estimate of drug-likeness (QED) is 0.0759. The van der Waals surface area contributed by atoms with E-state index in [0.29, 0.717) is 11.0 Å². The number of fused-ring (bicyclic) bond motifs is 5. The highest BCUT2D eigenvalue weighted by Gasteiger charge is 2.08. The number of anilines is 1. The number of nitro benzene ring substituents is 2. The van der Waals surface area contributed by atoms with Crippen molar-refractivity contribution in [2.75, 3.05) is 5.73 Å². The van der Waals surface area contributed by atoms with Crippen LogP contribution in [0, 0.1) is 23.8 Å². The lowest BCUT2D eigenvalue weighted by molar-refractivity contribution is -0.384. The molecule has 20 heteroatoms. The number of nitro groups is 2. The average molecular weight is 1260 g/mol. The number of aromatic nitrogens is 8. The molecule has 11 aromatic rings. The van der Waals surface area contributed by atoms with Gasteiger partial charge < -0.3 is 5.73 Å². The molecule has 15 nitrogen and oxygen atoms in total. The van der Waals surface area contributed by atoms with E-state index in [1.807, 2.05) is 66.9 Å². The molecule has 5 aromatic carbocycles. The lowest BCUT2D eigenvalue weighted by Gasteiger charge is -2.02. The van der Waals surface area contributed by atoms with Gasteiger partial charge in [0.2, 0.25) is 0 Å². The smallest absolute Gasteiger partial charge is 0.271 e. The molecule has 0 aliphatic heterocycles. The number of nitrogen functional groups attached to an aromatic ring is 1. The van der Waals surface area contributed by atoms with E-state index in [2.05, 4.69) is 146 Å². The highest BCUT2D eigenvalue weighted by Crippen LogP contribution is 2.24. The SMILES string of the molecule is Brc1cnc2cc(-n3nccn3)ccc2c1.Brc1cnc2cc(I)ccc2c1.Nc1ccc2cc(Br)cnc2c1.O=[N+]([O-])c1ccc2cc(Br)cnc2c1.O=[N+]([O-])c1ccc2cccnc2c1. The van der Waals surface area contributed by atoms with Gasteiger partial charge in [0, 0.05) is 109 Å². The molecule has 0 amide bonds. The van der Waals surface area contributed by atoms with Gasteiger partial charge in [-0.05, 0) is 165 Å². The molecule has 67 heavy (non-hydrogen) atoms. The summed E-state index contributed by atoms with van der Waals surface area (Å²) in [6.07, 6.45) is 11.9. The predicted molar refractivity (Wildman–Crippen MR) is 285 cm³/mol. The molecule has 0 saturated carbocycles. The molecule has 0 fully saturated rings. The van der Waals surface area contributed by atoms with Crippen LogP contribution in [-0.2, 0) is 0 Å². The molecule has 0 spiro atoms. The molecule has 6 aromatic heterocycles. The summed E-state index contributed by atoms with van der Waals surface area (Å²) < 4.78 is 5.06. The fourth-order valence-electron chi connectivity index (χ4n) is 6.10. The van der Waals surface area contributed by atoms with Crippen molar-refractivity contribution in [2.45, 2.75) is 0 Å². The number of nitrogens with two attached hydrogens (primary N) is 1. The Kier molecular flexibility index (Phi) is 16.5. The maximum atomic E-state index is 10.5. The summed E-state index contributed by atoms with van der Waals surface area (Å²) in [7, 11) is 0. The molecule has 0 saturated heterocycles. The van der Waals surface area contributed by atoms with E-state index in [1.54, 1.807) is 60.2 Å². The van der Waals surface area contributed by atoms with Gasteiger partial charge in [0.25, 0.3) is 11.4 Å². The van der Waals surface area contributed by atoms with Crippen molar-refractivity contribution in [1.29, 1.82) is 0 Å². The zero-order valence-electron chi connectivity index (χ0n) is 34.2. The van der Waals surface area contributed by atoms with E-state index >= 15 is 0 Å². The van der Waals surface area contributed by atoms with E-state index in [4.69, 9.17) is 5.73 Å². The number of nitrogens with zero attached hydrogens (tertiary/aromatic N) is 10. The van der Waals surface area contributed by atoms with Crippen molar-refractivity contribution in [3.05, 3.63) is 212 Å². The Morgan fingerprint density at radius 2 is 0.881 bits per heavy atom. The summed E-state index contributed by atoms with van der Waals surface area (Å²) in [4.78, 5) is 42.6. The monoisotopic (exact) mass is 1250 g/mol.